The molecule has 0 amide bonds. The molecule has 14 heavy (non-hydrogen) atoms. The normalized spacial score (nSPS) is 10.7. The second-order valence-electron chi connectivity index (χ2n) is 3.19. The molecule has 0 aliphatic carbocycles. The minimum atomic E-state index is 0.0309. The van der Waals surface area contributed by atoms with Crippen LogP contribution in [0.25, 0.3) is 10.1 Å². The highest BCUT2D eigenvalue weighted by Gasteiger charge is 2.08. The minimum Gasteiger partial charge on any atom is -0.392 e. The standard InChI is InChI=1S/C11H10O2S/c1-7-8(4-12)2-3-10-11(7)9(5-13)6-14-10/h2-4,6,13H,5H2,1H3. The van der Waals surface area contributed by atoms with Gasteiger partial charge in [0.1, 0.15) is 6.29 Å². The van der Waals surface area contributed by atoms with Gasteiger partial charge in [-0.15, -0.1) is 11.3 Å². The molecule has 1 aromatic heterocycles. The Bertz CT molecular complexity index is 485. The average Bonchev–Trinajstić information content (AvgIpc) is 2.62. The number of rotatable bonds is 2. The molecule has 3 heteroatoms. The van der Waals surface area contributed by atoms with Gasteiger partial charge in [0.05, 0.1) is 6.61 Å². The summed E-state index contributed by atoms with van der Waals surface area (Å²) in [4.78, 5) is 10.7. The fourth-order valence-corrected chi connectivity index (χ4v) is 2.65. The van der Waals surface area contributed by atoms with Crippen molar-refractivity contribution in [2.24, 2.45) is 0 Å². The minimum absolute atomic E-state index is 0.0309. The van der Waals surface area contributed by atoms with Gasteiger partial charge >= 0.3 is 0 Å². The lowest BCUT2D eigenvalue weighted by Gasteiger charge is -2.02. The number of aliphatic hydroxyl groups is 1. The lowest BCUT2D eigenvalue weighted by Crippen LogP contribution is -1.88. The Kier molecular flexibility index (Phi) is 2.35. The van der Waals surface area contributed by atoms with E-state index in [0.717, 1.165) is 27.5 Å². The zero-order valence-corrected chi connectivity index (χ0v) is 8.60. The number of fused-ring (bicyclic) bond motifs is 1. The van der Waals surface area contributed by atoms with Gasteiger partial charge in [-0.3, -0.25) is 4.79 Å². The lowest BCUT2D eigenvalue weighted by atomic mass is 10.0. The number of aryl methyl sites for hydroxylation is 1. The van der Waals surface area contributed by atoms with Crippen molar-refractivity contribution in [3.63, 3.8) is 0 Å². The van der Waals surface area contributed by atoms with Gasteiger partial charge in [0.25, 0.3) is 0 Å². The van der Waals surface area contributed by atoms with E-state index in [4.69, 9.17) is 5.11 Å². The van der Waals surface area contributed by atoms with Crippen molar-refractivity contribution in [3.8, 4) is 0 Å². The van der Waals surface area contributed by atoms with Crippen LogP contribution in [-0.4, -0.2) is 11.4 Å². The van der Waals surface area contributed by atoms with Crippen LogP contribution in [0.3, 0.4) is 0 Å². The number of aliphatic hydroxyl groups excluding tert-OH is 1. The average molecular weight is 206 g/mol. The Morgan fingerprint density at radius 2 is 2.29 bits per heavy atom. The molecule has 2 rings (SSSR count). The number of hydrogen-bond acceptors (Lipinski definition) is 3. The molecular weight excluding hydrogens is 196 g/mol. The molecule has 0 bridgehead atoms. The highest BCUT2D eigenvalue weighted by molar-refractivity contribution is 7.17. The fourth-order valence-electron chi connectivity index (χ4n) is 1.64. The number of aldehydes is 1. The number of carbonyl (C=O) groups is 1. The Morgan fingerprint density at radius 1 is 1.50 bits per heavy atom. The van der Waals surface area contributed by atoms with E-state index in [0.29, 0.717) is 5.56 Å². The van der Waals surface area contributed by atoms with Gasteiger partial charge in [0.15, 0.2) is 0 Å². The van der Waals surface area contributed by atoms with Crippen molar-refractivity contribution in [1.82, 2.24) is 0 Å². The number of benzene rings is 1. The van der Waals surface area contributed by atoms with Crippen molar-refractivity contribution in [1.29, 1.82) is 0 Å². The van der Waals surface area contributed by atoms with E-state index in [1.165, 1.54) is 0 Å². The molecule has 0 saturated heterocycles. The second-order valence-corrected chi connectivity index (χ2v) is 4.10. The molecular formula is C11H10O2S. The first kappa shape index (κ1) is 9.37. The van der Waals surface area contributed by atoms with Crippen molar-refractivity contribution in [2.45, 2.75) is 13.5 Å². The summed E-state index contributed by atoms with van der Waals surface area (Å²) in [6.07, 6.45) is 0.855. The largest absolute Gasteiger partial charge is 0.392 e. The van der Waals surface area contributed by atoms with Crippen LogP contribution in [0, 0.1) is 6.92 Å². The van der Waals surface area contributed by atoms with Crippen molar-refractivity contribution in [2.75, 3.05) is 0 Å². The number of thiophene rings is 1. The first-order valence-corrected chi connectivity index (χ1v) is 5.21. The molecule has 0 aliphatic rings. The summed E-state index contributed by atoms with van der Waals surface area (Å²) in [7, 11) is 0. The molecule has 0 radical (unpaired) electrons. The van der Waals surface area contributed by atoms with Crippen LogP contribution in [-0.2, 0) is 6.61 Å². The summed E-state index contributed by atoms with van der Waals surface area (Å²) in [5.74, 6) is 0. The quantitative estimate of drug-likeness (QED) is 0.766. The van der Waals surface area contributed by atoms with Gasteiger partial charge in [-0.05, 0) is 35.6 Å². The van der Waals surface area contributed by atoms with Gasteiger partial charge in [0.2, 0.25) is 0 Å². The third kappa shape index (κ3) is 1.25. The zero-order chi connectivity index (χ0) is 10.1. The van der Waals surface area contributed by atoms with Crippen molar-refractivity contribution >= 4 is 27.7 Å². The van der Waals surface area contributed by atoms with E-state index in [-0.39, 0.29) is 6.61 Å². The Morgan fingerprint density at radius 3 is 2.93 bits per heavy atom. The van der Waals surface area contributed by atoms with E-state index in [1.54, 1.807) is 11.3 Å². The van der Waals surface area contributed by atoms with Gasteiger partial charge in [-0.25, -0.2) is 0 Å². The maximum Gasteiger partial charge on any atom is 0.150 e. The van der Waals surface area contributed by atoms with Crippen LogP contribution in [0.1, 0.15) is 21.5 Å². The summed E-state index contributed by atoms with van der Waals surface area (Å²) < 4.78 is 1.12. The SMILES string of the molecule is Cc1c(C=O)ccc2scc(CO)c12. The van der Waals surface area contributed by atoms with E-state index < -0.39 is 0 Å². The summed E-state index contributed by atoms with van der Waals surface area (Å²) in [6.45, 7) is 1.95. The highest BCUT2D eigenvalue weighted by Crippen LogP contribution is 2.30. The van der Waals surface area contributed by atoms with E-state index in [9.17, 15) is 4.79 Å². The number of carbonyl (C=O) groups excluding carboxylic acids is 1. The summed E-state index contributed by atoms with van der Waals surface area (Å²) >= 11 is 1.60. The molecule has 2 aromatic rings. The number of hydrogen-bond donors (Lipinski definition) is 1. The smallest absolute Gasteiger partial charge is 0.150 e. The first-order valence-electron chi connectivity index (χ1n) is 4.33. The van der Waals surface area contributed by atoms with Crippen LogP contribution in [0.2, 0.25) is 0 Å². The molecule has 0 unspecified atom stereocenters. The topological polar surface area (TPSA) is 37.3 Å². The van der Waals surface area contributed by atoms with E-state index in [2.05, 4.69) is 0 Å². The van der Waals surface area contributed by atoms with E-state index in [1.807, 2.05) is 24.4 Å². The zero-order valence-electron chi connectivity index (χ0n) is 7.78. The monoisotopic (exact) mass is 206 g/mol. The maximum absolute atomic E-state index is 10.7. The third-order valence-corrected chi connectivity index (χ3v) is 3.41. The Balaban J connectivity index is 2.83. The van der Waals surface area contributed by atoms with Crippen molar-refractivity contribution < 1.29 is 9.90 Å². The molecule has 0 fully saturated rings. The Hall–Kier alpha value is -1.19. The molecule has 1 N–H and O–H groups in total. The molecule has 0 saturated carbocycles. The predicted molar refractivity (Wildman–Crippen MR) is 57.9 cm³/mol. The maximum atomic E-state index is 10.7. The second kappa shape index (κ2) is 3.52. The Labute approximate surface area is 85.8 Å². The molecule has 0 aliphatic heterocycles. The van der Waals surface area contributed by atoms with Gasteiger partial charge < -0.3 is 5.11 Å². The fraction of sp³-hybridized carbons (Fsp3) is 0.182. The molecule has 1 heterocycles. The van der Waals surface area contributed by atoms with Gasteiger partial charge in [0, 0.05) is 15.6 Å². The molecule has 2 nitrogen and oxygen atoms in total. The van der Waals surface area contributed by atoms with Crippen LogP contribution < -0.4 is 0 Å². The first-order chi connectivity index (χ1) is 6.77. The third-order valence-electron chi connectivity index (χ3n) is 2.42. The predicted octanol–water partition coefficient (Wildman–Crippen LogP) is 2.51. The highest BCUT2D eigenvalue weighted by atomic mass is 32.1. The van der Waals surface area contributed by atoms with Gasteiger partial charge in [-0.1, -0.05) is 0 Å². The van der Waals surface area contributed by atoms with Crippen LogP contribution in [0.15, 0.2) is 17.5 Å². The summed E-state index contributed by atoms with van der Waals surface area (Å²) in [5, 5.41) is 12.1. The van der Waals surface area contributed by atoms with Crippen LogP contribution in [0.5, 0.6) is 0 Å². The van der Waals surface area contributed by atoms with Gasteiger partial charge in [-0.2, -0.15) is 0 Å². The van der Waals surface area contributed by atoms with Crippen molar-refractivity contribution in [3.05, 3.63) is 34.2 Å². The van der Waals surface area contributed by atoms with Crippen LogP contribution in [0.4, 0.5) is 0 Å². The van der Waals surface area contributed by atoms with Crippen LogP contribution >= 0.6 is 11.3 Å². The van der Waals surface area contributed by atoms with E-state index >= 15 is 0 Å². The molecule has 1 aromatic carbocycles. The molecule has 72 valence electrons. The molecule has 0 atom stereocenters. The molecule has 0 spiro atoms. The lowest BCUT2D eigenvalue weighted by molar-refractivity contribution is 0.112. The summed E-state index contributed by atoms with van der Waals surface area (Å²) in [6, 6.07) is 3.75. The summed E-state index contributed by atoms with van der Waals surface area (Å²) in [5.41, 5.74) is 2.57.